The van der Waals surface area contributed by atoms with Gasteiger partial charge in [-0.25, -0.2) is 0 Å². The molecule has 2 nitrogen and oxygen atoms in total. The predicted molar refractivity (Wildman–Crippen MR) is 86.6 cm³/mol. The van der Waals surface area contributed by atoms with Crippen LogP contribution in [0, 0.1) is 19.8 Å². The summed E-state index contributed by atoms with van der Waals surface area (Å²) in [5.74, 6) is 2.40. The van der Waals surface area contributed by atoms with Crippen LogP contribution >= 0.6 is 11.6 Å². The highest BCUT2D eigenvalue weighted by molar-refractivity contribution is 6.21. The van der Waals surface area contributed by atoms with Crippen LogP contribution in [0.25, 0.3) is 11.3 Å². The number of halogens is 1. The molecule has 0 radical (unpaired) electrons. The number of furan rings is 1. The molecule has 0 aliphatic heterocycles. The van der Waals surface area contributed by atoms with Gasteiger partial charge in [0.1, 0.15) is 11.5 Å². The van der Waals surface area contributed by atoms with E-state index in [1.807, 2.05) is 32.2 Å². The average Bonchev–Trinajstić information content (AvgIpc) is 2.90. The summed E-state index contributed by atoms with van der Waals surface area (Å²) >= 11 is 6.74. The molecular formula is C18H22ClNO. The molecule has 2 aromatic rings. The van der Waals surface area contributed by atoms with Crippen LogP contribution in [-0.2, 0) is 0 Å². The topological polar surface area (TPSA) is 26.0 Å². The lowest BCUT2D eigenvalue weighted by Gasteiger charge is -2.25. The fourth-order valence-corrected chi connectivity index (χ4v) is 3.68. The predicted octanol–water partition coefficient (Wildman–Crippen LogP) is 5.82. The zero-order valence-electron chi connectivity index (χ0n) is 12.7. The maximum absolute atomic E-state index is 6.74. The third-order valence-electron chi connectivity index (χ3n) is 4.51. The monoisotopic (exact) mass is 303 g/mol. The van der Waals surface area contributed by atoms with Gasteiger partial charge in [0.2, 0.25) is 0 Å². The number of hydrogen-bond donors (Lipinski definition) is 0. The van der Waals surface area contributed by atoms with E-state index in [0.717, 1.165) is 28.3 Å². The molecule has 2 aromatic heterocycles. The first kappa shape index (κ1) is 14.6. The molecule has 3 rings (SSSR count). The van der Waals surface area contributed by atoms with Crippen molar-refractivity contribution in [3.05, 3.63) is 41.4 Å². The lowest BCUT2D eigenvalue weighted by Crippen LogP contribution is -2.12. The van der Waals surface area contributed by atoms with Crippen molar-refractivity contribution in [1.29, 1.82) is 0 Å². The first-order valence-electron chi connectivity index (χ1n) is 7.82. The van der Waals surface area contributed by atoms with Crippen molar-refractivity contribution < 1.29 is 4.42 Å². The lowest BCUT2D eigenvalue weighted by molar-refractivity contribution is 0.346. The van der Waals surface area contributed by atoms with E-state index in [9.17, 15) is 0 Å². The molecular weight excluding hydrogens is 282 g/mol. The first-order valence-corrected chi connectivity index (χ1v) is 8.26. The molecule has 1 aliphatic rings. The van der Waals surface area contributed by atoms with E-state index < -0.39 is 0 Å². The van der Waals surface area contributed by atoms with Gasteiger partial charge in [0.05, 0.1) is 5.38 Å². The molecule has 1 saturated carbocycles. The normalized spacial score (nSPS) is 17.9. The summed E-state index contributed by atoms with van der Waals surface area (Å²) in [7, 11) is 0. The number of hydrogen-bond acceptors (Lipinski definition) is 2. The summed E-state index contributed by atoms with van der Waals surface area (Å²) in [4.78, 5) is 4.34. The van der Waals surface area contributed by atoms with E-state index in [1.165, 1.54) is 32.1 Å². The van der Waals surface area contributed by atoms with Crippen molar-refractivity contribution in [3.8, 4) is 11.3 Å². The van der Waals surface area contributed by atoms with Gasteiger partial charge >= 0.3 is 0 Å². The summed E-state index contributed by atoms with van der Waals surface area (Å²) < 4.78 is 5.93. The van der Waals surface area contributed by atoms with Gasteiger partial charge in [0.25, 0.3) is 0 Å². The SMILES string of the molecule is Cc1ccc(-c2cc(C(Cl)C3CCCCC3)c(C)o2)cn1. The molecule has 1 unspecified atom stereocenters. The Morgan fingerprint density at radius 2 is 1.95 bits per heavy atom. The Morgan fingerprint density at radius 1 is 1.19 bits per heavy atom. The van der Waals surface area contributed by atoms with E-state index >= 15 is 0 Å². The third kappa shape index (κ3) is 3.16. The quantitative estimate of drug-likeness (QED) is 0.668. The summed E-state index contributed by atoms with van der Waals surface area (Å²) in [6, 6.07) is 6.16. The lowest BCUT2D eigenvalue weighted by atomic mass is 9.84. The number of aromatic nitrogens is 1. The van der Waals surface area contributed by atoms with Crippen LogP contribution < -0.4 is 0 Å². The van der Waals surface area contributed by atoms with Gasteiger partial charge in [-0.15, -0.1) is 11.6 Å². The van der Waals surface area contributed by atoms with Crippen LogP contribution in [0.1, 0.15) is 54.5 Å². The second-order valence-corrected chi connectivity index (χ2v) is 6.58. The first-order chi connectivity index (χ1) is 10.1. The largest absolute Gasteiger partial charge is 0.461 e. The molecule has 0 saturated heterocycles. The minimum absolute atomic E-state index is 0.0706. The van der Waals surface area contributed by atoms with Gasteiger partial charge < -0.3 is 4.42 Å². The van der Waals surface area contributed by atoms with E-state index in [2.05, 4.69) is 11.1 Å². The van der Waals surface area contributed by atoms with Crippen molar-refractivity contribution in [2.24, 2.45) is 5.92 Å². The van der Waals surface area contributed by atoms with E-state index in [1.54, 1.807) is 0 Å². The van der Waals surface area contributed by atoms with Gasteiger partial charge in [0.15, 0.2) is 0 Å². The maximum atomic E-state index is 6.74. The second kappa shape index (κ2) is 6.23. The Morgan fingerprint density at radius 3 is 2.62 bits per heavy atom. The van der Waals surface area contributed by atoms with Crippen molar-refractivity contribution in [2.75, 3.05) is 0 Å². The smallest absolute Gasteiger partial charge is 0.136 e. The Bertz CT molecular complexity index is 596. The van der Waals surface area contributed by atoms with Gasteiger partial charge in [0, 0.05) is 23.0 Å². The number of rotatable bonds is 3. The highest BCUT2D eigenvalue weighted by atomic mass is 35.5. The Labute approximate surface area is 131 Å². The number of pyridine rings is 1. The van der Waals surface area contributed by atoms with Crippen LogP contribution in [-0.4, -0.2) is 4.98 Å². The summed E-state index contributed by atoms with van der Waals surface area (Å²) in [6.07, 6.45) is 8.30. The summed E-state index contributed by atoms with van der Waals surface area (Å²) in [6.45, 7) is 4.00. The second-order valence-electron chi connectivity index (χ2n) is 6.11. The number of aryl methyl sites for hydroxylation is 2. The van der Waals surface area contributed by atoms with Crippen molar-refractivity contribution >= 4 is 11.6 Å². The van der Waals surface area contributed by atoms with Gasteiger partial charge in [-0.1, -0.05) is 19.3 Å². The summed E-state index contributed by atoms with van der Waals surface area (Å²) in [5, 5.41) is 0.0706. The third-order valence-corrected chi connectivity index (χ3v) is 5.10. The van der Waals surface area contributed by atoms with Crippen LogP contribution in [0.2, 0.25) is 0 Å². The van der Waals surface area contributed by atoms with E-state index in [0.29, 0.717) is 5.92 Å². The zero-order valence-corrected chi connectivity index (χ0v) is 13.5. The number of alkyl halides is 1. The highest BCUT2D eigenvalue weighted by Gasteiger charge is 2.26. The minimum atomic E-state index is 0.0706. The molecule has 0 N–H and O–H groups in total. The van der Waals surface area contributed by atoms with Crippen LogP contribution in [0.5, 0.6) is 0 Å². The van der Waals surface area contributed by atoms with Crippen molar-refractivity contribution in [1.82, 2.24) is 4.98 Å². The molecule has 0 spiro atoms. The van der Waals surface area contributed by atoms with Crippen LogP contribution in [0.4, 0.5) is 0 Å². The standard InChI is InChI=1S/C18H22ClNO/c1-12-8-9-15(11-20-12)17-10-16(13(2)21-17)18(19)14-6-4-3-5-7-14/h8-11,14,18H,3-7H2,1-2H3. The molecule has 0 aromatic carbocycles. The molecule has 0 bridgehead atoms. The Hall–Kier alpha value is -1.28. The maximum Gasteiger partial charge on any atom is 0.136 e. The highest BCUT2D eigenvalue weighted by Crippen LogP contribution is 2.41. The fraction of sp³-hybridized carbons (Fsp3) is 0.500. The number of nitrogens with zero attached hydrogens (tertiary/aromatic N) is 1. The molecule has 1 aliphatic carbocycles. The molecule has 3 heteroatoms. The Kier molecular flexibility index (Phi) is 4.34. The molecule has 112 valence electrons. The summed E-state index contributed by atoms with van der Waals surface area (Å²) in [5.41, 5.74) is 3.18. The molecule has 0 amide bonds. The van der Waals surface area contributed by atoms with Gasteiger partial charge in [-0.3, -0.25) is 4.98 Å². The van der Waals surface area contributed by atoms with Gasteiger partial charge in [-0.2, -0.15) is 0 Å². The molecule has 1 atom stereocenters. The van der Waals surface area contributed by atoms with E-state index in [4.69, 9.17) is 16.0 Å². The Balaban J connectivity index is 1.85. The van der Waals surface area contributed by atoms with Crippen LogP contribution in [0.15, 0.2) is 28.8 Å². The average molecular weight is 304 g/mol. The molecule has 21 heavy (non-hydrogen) atoms. The van der Waals surface area contributed by atoms with E-state index in [-0.39, 0.29) is 5.38 Å². The minimum Gasteiger partial charge on any atom is -0.461 e. The van der Waals surface area contributed by atoms with Gasteiger partial charge in [-0.05, 0) is 50.8 Å². The fourth-order valence-electron chi connectivity index (χ4n) is 3.21. The van der Waals surface area contributed by atoms with Crippen LogP contribution in [0.3, 0.4) is 0 Å². The zero-order chi connectivity index (χ0) is 14.8. The molecule has 2 heterocycles. The van der Waals surface area contributed by atoms with Crippen molar-refractivity contribution in [2.45, 2.75) is 51.3 Å². The molecule has 1 fully saturated rings. The van der Waals surface area contributed by atoms with Crippen molar-refractivity contribution in [3.63, 3.8) is 0 Å².